The van der Waals surface area contributed by atoms with Gasteiger partial charge in [-0.25, -0.2) is 0 Å². The third-order valence-corrected chi connectivity index (χ3v) is 2.74. The van der Waals surface area contributed by atoms with Gasteiger partial charge in [0.15, 0.2) is 0 Å². The first kappa shape index (κ1) is 11.7. The summed E-state index contributed by atoms with van der Waals surface area (Å²) in [7, 11) is 3.67. The molecule has 0 atom stereocenters. The zero-order valence-electron chi connectivity index (χ0n) is 10.3. The Balaban J connectivity index is 2.13. The number of aromatic nitrogens is 1. The number of nitrogens with one attached hydrogen (secondary N) is 1. The highest BCUT2D eigenvalue weighted by molar-refractivity contribution is 5.33. The standard InChI is InChI=1S/C14H18N2O/c1-15-9-12-7-8-16(10-12)11-13-5-3-4-6-14(13)17-2/h3-8,10,15H,9,11H2,1-2H3. The van der Waals surface area contributed by atoms with Crippen LogP contribution in [0, 0.1) is 0 Å². The number of nitrogens with zero attached hydrogens (tertiary/aromatic N) is 1. The molecule has 0 unspecified atom stereocenters. The van der Waals surface area contributed by atoms with Crippen LogP contribution in [0.25, 0.3) is 0 Å². The average Bonchev–Trinajstić information content (AvgIpc) is 2.78. The second kappa shape index (κ2) is 5.55. The molecule has 0 spiro atoms. The van der Waals surface area contributed by atoms with E-state index in [0.29, 0.717) is 0 Å². The lowest BCUT2D eigenvalue weighted by molar-refractivity contribution is 0.408. The Morgan fingerprint density at radius 3 is 2.82 bits per heavy atom. The summed E-state index contributed by atoms with van der Waals surface area (Å²) in [4.78, 5) is 0. The van der Waals surface area contributed by atoms with Crippen molar-refractivity contribution in [3.63, 3.8) is 0 Å². The molecule has 0 saturated heterocycles. The van der Waals surface area contributed by atoms with Crippen molar-refractivity contribution in [2.24, 2.45) is 0 Å². The molecule has 0 bridgehead atoms. The molecule has 3 heteroatoms. The molecule has 0 aliphatic rings. The number of rotatable bonds is 5. The van der Waals surface area contributed by atoms with E-state index in [1.54, 1.807) is 7.11 Å². The molecule has 0 aliphatic heterocycles. The van der Waals surface area contributed by atoms with Crippen LogP contribution in [0.2, 0.25) is 0 Å². The van der Waals surface area contributed by atoms with Gasteiger partial charge in [0.25, 0.3) is 0 Å². The van der Waals surface area contributed by atoms with Crippen molar-refractivity contribution in [3.05, 3.63) is 53.9 Å². The van der Waals surface area contributed by atoms with Gasteiger partial charge in [0.05, 0.1) is 13.7 Å². The Hall–Kier alpha value is -1.74. The fourth-order valence-electron chi connectivity index (χ4n) is 1.93. The molecule has 0 fully saturated rings. The third-order valence-electron chi connectivity index (χ3n) is 2.74. The van der Waals surface area contributed by atoms with Crippen LogP contribution >= 0.6 is 0 Å². The first-order valence-corrected chi connectivity index (χ1v) is 5.74. The minimum Gasteiger partial charge on any atom is -0.496 e. The highest BCUT2D eigenvalue weighted by Crippen LogP contribution is 2.18. The minimum atomic E-state index is 0.841. The number of ether oxygens (including phenoxy) is 1. The van der Waals surface area contributed by atoms with Crippen LogP contribution in [0.1, 0.15) is 11.1 Å². The van der Waals surface area contributed by atoms with Crippen molar-refractivity contribution in [2.45, 2.75) is 13.1 Å². The van der Waals surface area contributed by atoms with E-state index < -0.39 is 0 Å². The van der Waals surface area contributed by atoms with Crippen LogP contribution in [0.5, 0.6) is 5.75 Å². The average molecular weight is 230 g/mol. The second-order valence-electron chi connectivity index (χ2n) is 4.03. The summed E-state index contributed by atoms with van der Waals surface area (Å²) in [5, 5.41) is 3.15. The van der Waals surface area contributed by atoms with Gasteiger partial charge in [-0.15, -0.1) is 0 Å². The van der Waals surface area contributed by atoms with Crippen LogP contribution in [0.3, 0.4) is 0 Å². The van der Waals surface area contributed by atoms with Gasteiger partial charge in [-0.3, -0.25) is 0 Å². The number of hydrogen-bond donors (Lipinski definition) is 1. The molecule has 0 amide bonds. The van der Waals surface area contributed by atoms with Gasteiger partial charge < -0.3 is 14.6 Å². The Kier molecular flexibility index (Phi) is 3.83. The van der Waals surface area contributed by atoms with Crippen LogP contribution in [0.4, 0.5) is 0 Å². The molecule has 2 rings (SSSR count). The Morgan fingerprint density at radius 2 is 2.06 bits per heavy atom. The normalized spacial score (nSPS) is 10.5. The molecule has 1 aromatic carbocycles. The summed E-state index contributed by atoms with van der Waals surface area (Å²) in [5.41, 5.74) is 2.49. The maximum absolute atomic E-state index is 5.35. The molecular formula is C14H18N2O. The summed E-state index contributed by atoms with van der Waals surface area (Å²) in [6, 6.07) is 10.2. The maximum atomic E-state index is 5.35. The largest absolute Gasteiger partial charge is 0.496 e. The fraction of sp³-hybridized carbons (Fsp3) is 0.286. The first-order chi connectivity index (χ1) is 8.33. The van der Waals surface area contributed by atoms with Gasteiger partial charge in [0, 0.05) is 24.5 Å². The molecule has 90 valence electrons. The van der Waals surface area contributed by atoms with E-state index in [1.165, 1.54) is 11.1 Å². The molecule has 0 saturated carbocycles. The van der Waals surface area contributed by atoms with Gasteiger partial charge in [0.2, 0.25) is 0 Å². The van der Waals surface area contributed by atoms with Crippen molar-refractivity contribution in [3.8, 4) is 5.75 Å². The smallest absolute Gasteiger partial charge is 0.123 e. The van der Waals surface area contributed by atoms with E-state index >= 15 is 0 Å². The van der Waals surface area contributed by atoms with Gasteiger partial charge in [-0.2, -0.15) is 0 Å². The summed E-state index contributed by atoms with van der Waals surface area (Å²) in [6.07, 6.45) is 4.25. The number of para-hydroxylation sites is 1. The highest BCUT2D eigenvalue weighted by Gasteiger charge is 2.02. The van der Waals surface area contributed by atoms with E-state index in [4.69, 9.17) is 4.74 Å². The van der Waals surface area contributed by atoms with E-state index in [0.717, 1.165) is 18.8 Å². The Labute approximate surface area is 102 Å². The molecule has 3 nitrogen and oxygen atoms in total. The van der Waals surface area contributed by atoms with Crippen molar-refractivity contribution in [1.82, 2.24) is 9.88 Å². The van der Waals surface area contributed by atoms with Crippen molar-refractivity contribution >= 4 is 0 Å². The van der Waals surface area contributed by atoms with E-state index in [1.807, 2.05) is 25.2 Å². The molecule has 0 radical (unpaired) electrons. The highest BCUT2D eigenvalue weighted by atomic mass is 16.5. The van der Waals surface area contributed by atoms with E-state index in [-0.39, 0.29) is 0 Å². The maximum Gasteiger partial charge on any atom is 0.123 e. The third kappa shape index (κ3) is 2.88. The van der Waals surface area contributed by atoms with Crippen molar-refractivity contribution in [1.29, 1.82) is 0 Å². The SMILES string of the molecule is CNCc1ccn(Cc2ccccc2OC)c1. The molecule has 17 heavy (non-hydrogen) atoms. The van der Waals surface area contributed by atoms with Crippen LogP contribution in [0.15, 0.2) is 42.7 Å². The summed E-state index contributed by atoms with van der Waals surface area (Å²) in [5.74, 6) is 0.941. The second-order valence-corrected chi connectivity index (χ2v) is 4.03. The van der Waals surface area contributed by atoms with Crippen LogP contribution < -0.4 is 10.1 Å². The van der Waals surface area contributed by atoms with Crippen molar-refractivity contribution in [2.75, 3.05) is 14.2 Å². The van der Waals surface area contributed by atoms with E-state index in [9.17, 15) is 0 Å². The zero-order chi connectivity index (χ0) is 12.1. The first-order valence-electron chi connectivity index (χ1n) is 5.74. The summed E-state index contributed by atoms with van der Waals surface area (Å²) >= 11 is 0. The molecule has 2 aromatic rings. The van der Waals surface area contributed by atoms with Gasteiger partial charge in [-0.1, -0.05) is 18.2 Å². The Morgan fingerprint density at radius 1 is 1.24 bits per heavy atom. The molecular weight excluding hydrogens is 212 g/mol. The lowest BCUT2D eigenvalue weighted by Gasteiger charge is -2.08. The number of methoxy groups -OCH3 is 1. The van der Waals surface area contributed by atoms with E-state index in [2.05, 4.69) is 34.4 Å². The van der Waals surface area contributed by atoms with Crippen LogP contribution in [-0.2, 0) is 13.1 Å². The topological polar surface area (TPSA) is 26.2 Å². The number of benzene rings is 1. The quantitative estimate of drug-likeness (QED) is 0.852. The molecule has 1 heterocycles. The van der Waals surface area contributed by atoms with Crippen LogP contribution in [-0.4, -0.2) is 18.7 Å². The summed E-state index contributed by atoms with van der Waals surface area (Å²) < 4.78 is 7.52. The predicted octanol–water partition coefficient (Wildman–Crippen LogP) is 2.26. The summed E-state index contributed by atoms with van der Waals surface area (Å²) in [6.45, 7) is 1.74. The monoisotopic (exact) mass is 230 g/mol. The zero-order valence-corrected chi connectivity index (χ0v) is 10.3. The van der Waals surface area contributed by atoms with Gasteiger partial charge >= 0.3 is 0 Å². The fourth-order valence-corrected chi connectivity index (χ4v) is 1.93. The predicted molar refractivity (Wildman–Crippen MR) is 69.3 cm³/mol. The van der Waals surface area contributed by atoms with Gasteiger partial charge in [0.1, 0.15) is 5.75 Å². The molecule has 1 N–H and O–H groups in total. The lowest BCUT2D eigenvalue weighted by atomic mass is 10.2. The Bertz CT molecular complexity index is 477. The molecule has 0 aliphatic carbocycles. The molecule has 1 aromatic heterocycles. The number of hydrogen-bond acceptors (Lipinski definition) is 2. The van der Waals surface area contributed by atoms with Crippen molar-refractivity contribution < 1.29 is 4.74 Å². The van der Waals surface area contributed by atoms with Gasteiger partial charge in [-0.05, 0) is 24.7 Å². The lowest BCUT2D eigenvalue weighted by Crippen LogP contribution is -2.04. The minimum absolute atomic E-state index is 0.841.